The van der Waals surface area contributed by atoms with E-state index in [4.69, 9.17) is 5.73 Å². The third-order valence-electron chi connectivity index (χ3n) is 3.47. The fraction of sp³-hybridized carbons (Fsp3) is 0.538. The maximum absolute atomic E-state index is 6.05. The molecular weight excluding hydrogens is 264 g/mol. The van der Waals surface area contributed by atoms with Crippen LogP contribution in [0.4, 0.5) is 5.69 Å². The molecule has 0 aliphatic carbocycles. The molecule has 0 bridgehead atoms. The molecular formula is C13H19BrN2. The number of piperidine rings is 1. The minimum atomic E-state index is 0.368. The Labute approximate surface area is 106 Å². The molecule has 2 atom stereocenters. The monoisotopic (exact) mass is 282 g/mol. The zero-order valence-corrected chi connectivity index (χ0v) is 11.5. The maximum atomic E-state index is 6.05. The van der Waals surface area contributed by atoms with Gasteiger partial charge in [-0.3, -0.25) is 0 Å². The van der Waals surface area contributed by atoms with Gasteiger partial charge < -0.3 is 10.6 Å². The predicted molar refractivity (Wildman–Crippen MR) is 72.8 cm³/mol. The van der Waals surface area contributed by atoms with Gasteiger partial charge in [0.05, 0.1) is 0 Å². The summed E-state index contributed by atoms with van der Waals surface area (Å²) in [6.07, 6.45) is 1.09. The van der Waals surface area contributed by atoms with E-state index in [1.165, 1.54) is 11.3 Å². The van der Waals surface area contributed by atoms with E-state index < -0.39 is 0 Å². The highest BCUT2D eigenvalue weighted by atomic mass is 79.9. The van der Waals surface area contributed by atoms with E-state index in [-0.39, 0.29) is 0 Å². The molecule has 0 radical (unpaired) electrons. The molecule has 1 aromatic rings. The van der Waals surface area contributed by atoms with Crippen molar-refractivity contribution >= 4 is 21.6 Å². The van der Waals surface area contributed by atoms with Gasteiger partial charge in [-0.25, -0.2) is 0 Å². The van der Waals surface area contributed by atoms with Crippen LogP contribution in [0, 0.1) is 12.8 Å². The second-order valence-electron chi connectivity index (χ2n) is 4.81. The Morgan fingerprint density at radius 1 is 1.44 bits per heavy atom. The van der Waals surface area contributed by atoms with Crippen LogP contribution in [0.1, 0.15) is 18.9 Å². The summed E-state index contributed by atoms with van der Waals surface area (Å²) >= 11 is 3.50. The van der Waals surface area contributed by atoms with Crippen LogP contribution in [-0.4, -0.2) is 19.1 Å². The van der Waals surface area contributed by atoms with Crippen LogP contribution in [0.5, 0.6) is 0 Å². The Morgan fingerprint density at radius 2 is 2.19 bits per heavy atom. The molecule has 0 spiro atoms. The van der Waals surface area contributed by atoms with Gasteiger partial charge in [0.1, 0.15) is 0 Å². The number of hydrogen-bond donors (Lipinski definition) is 1. The van der Waals surface area contributed by atoms with Crippen molar-refractivity contribution < 1.29 is 0 Å². The third-order valence-corrected chi connectivity index (χ3v) is 3.96. The molecule has 1 aliphatic rings. The van der Waals surface area contributed by atoms with Crippen molar-refractivity contribution in [1.29, 1.82) is 0 Å². The number of halogens is 1. The number of aryl methyl sites for hydroxylation is 1. The molecule has 3 heteroatoms. The number of benzene rings is 1. The first-order chi connectivity index (χ1) is 7.58. The zero-order valence-electron chi connectivity index (χ0n) is 9.91. The standard InChI is InChI=1S/C13H19BrN2/c1-9-7-11(14)3-4-13(9)16-6-5-12(15)10(2)8-16/h3-4,7,10,12H,5-6,8,15H2,1-2H3. The van der Waals surface area contributed by atoms with Crippen LogP contribution >= 0.6 is 15.9 Å². The SMILES string of the molecule is Cc1cc(Br)ccc1N1CCC(N)C(C)C1. The van der Waals surface area contributed by atoms with E-state index in [0.29, 0.717) is 12.0 Å². The van der Waals surface area contributed by atoms with Crippen LogP contribution < -0.4 is 10.6 Å². The summed E-state index contributed by atoms with van der Waals surface area (Å²) in [5, 5.41) is 0. The average molecular weight is 283 g/mol. The van der Waals surface area contributed by atoms with Gasteiger partial charge in [0.2, 0.25) is 0 Å². The van der Waals surface area contributed by atoms with Gasteiger partial charge >= 0.3 is 0 Å². The second kappa shape index (κ2) is 4.76. The smallest absolute Gasteiger partial charge is 0.0396 e. The highest BCUT2D eigenvalue weighted by Crippen LogP contribution is 2.27. The van der Waals surface area contributed by atoms with Gasteiger partial charge in [0, 0.05) is 29.3 Å². The Balaban J connectivity index is 2.18. The van der Waals surface area contributed by atoms with Crippen molar-refractivity contribution in [3.63, 3.8) is 0 Å². The molecule has 0 amide bonds. The van der Waals surface area contributed by atoms with E-state index in [2.05, 4.69) is 52.9 Å². The summed E-state index contributed by atoms with van der Waals surface area (Å²) in [6.45, 7) is 6.56. The molecule has 2 N–H and O–H groups in total. The third kappa shape index (κ3) is 2.41. The van der Waals surface area contributed by atoms with Crippen molar-refractivity contribution in [2.24, 2.45) is 11.7 Å². The topological polar surface area (TPSA) is 29.3 Å². The summed E-state index contributed by atoms with van der Waals surface area (Å²) in [5.74, 6) is 0.580. The van der Waals surface area contributed by atoms with Crippen molar-refractivity contribution in [2.45, 2.75) is 26.3 Å². The largest absolute Gasteiger partial charge is 0.371 e. The van der Waals surface area contributed by atoms with E-state index in [1.54, 1.807) is 0 Å². The van der Waals surface area contributed by atoms with E-state index in [9.17, 15) is 0 Å². The average Bonchev–Trinajstić information content (AvgIpc) is 2.22. The van der Waals surface area contributed by atoms with E-state index >= 15 is 0 Å². The molecule has 1 heterocycles. The number of hydrogen-bond acceptors (Lipinski definition) is 2. The Morgan fingerprint density at radius 3 is 2.81 bits per heavy atom. The fourth-order valence-electron chi connectivity index (χ4n) is 2.36. The normalized spacial score (nSPS) is 25.9. The quantitative estimate of drug-likeness (QED) is 0.858. The molecule has 1 aromatic carbocycles. The Kier molecular flexibility index (Phi) is 3.55. The molecule has 2 unspecified atom stereocenters. The van der Waals surface area contributed by atoms with Crippen LogP contribution in [0.3, 0.4) is 0 Å². The van der Waals surface area contributed by atoms with Gasteiger partial charge in [-0.15, -0.1) is 0 Å². The highest BCUT2D eigenvalue weighted by Gasteiger charge is 2.23. The fourth-order valence-corrected chi connectivity index (χ4v) is 2.83. The minimum absolute atomic E-state index is 0.368. The molecule has 16 heavy (non-hydrogen) atoms. The van der Waals surface area contributed by atoms with Gasteiger partial charge in [-0.1, -0.05) is 22.9 Å². The van der Waals surface area contributed by atoms with Crippen molar-refractivity contribution in [2.75, 3.05) is 18.0 Å². The lowest BCUT2D eigenvalue weighted by molar-refractivity contribution is 0.382. The zero-order chi connectivity index (χ0) is 11.7. The minimum Gasteiger partial charge on any atom is -0.371 e. The number of nitrogens with zero attached hydrogens (tertiary/aromatic N) is 1. The molecule has 88 valence electrons. The Bertz CT molecular complexity index is 378. The molecule has 0 aromatic heterocycles. The number of nitrogens with two attached hydrogens (primary N) is 1. The van der Waals surface area contributed by atoms with Gasteiger partial charge in [0.25, 0.3) is 0 Å². The van der Waals surface area contributed by atoms with Crippen LogP contribution in [0.2, 0.25) is 0 Å². The molecule has 1 aliphatic heterocycles. The first-order valence-corrected chi connectivity index (χ1v) is 6.64. The summed E-state index contributed by atoms with van der Waals surface area (Å²) in [7, 11) is 0. The lowest BCUT2D eigenvalue weighted by Crippen LogP contribution is -2.46. The van der Waals surface area contributed by atoms with E-state index in [1.807, 2.05) is 0 Å². The van der Waals surface area contributed by atoms with Crippen molar-refractivity contribution in [3.8, 4) is 0 Å². The van der Waals surface area contributed by atoms with Crippen LogP contribution in [-0.2, 0) is 0 Å². The lowest BCUT2D eigenvalue weighted by Gasteiger charge is -2.37. The molecule has 2 nitrogen and oxygen atoms in total. The van der Waals surface area contributed by atoms with Crippen molar-refractivity contribution in [3.05, 3.63) is 28.2 Å². The molecule has 2 rings (SSSR count). The van der Waals surface area contributed by atoms with Crippen molar-refractivity contribution in [1.82, 2.24) is 0 Å². The van der Waals surface area contributed by atoms with Crippen LogP contribution in [0.25, 0.3) is 0 Å². The van der Waals surface area contributed by atoms with Gasteiger partial charge in [0.15, 0.2) is 0 Å². The number of rotatable bonds is 1. The summed E-state index contributed by atoms with van der Waals surface area (Å²) in [5.41, 5.74) is 8.73. The molecule has 0 saturated carbocycles. The molecule has 1 saturated heterocycles. The van der Waals surface area contributed by atoms with E-state index in [0.717, 1.165) is 24.0 Å². The first-order valence-electron chi connectivity index (χ1n) is 5.84. The van der Waals surface area contributed by atoms with Crippen LogP contribution in [0.15, 0.2) is 22.7 Å². The highest BCUT2D eigenvalue weighted by molar-refractivity contribution is 9.10. The molecule has 1 fully saturated rings. The first kappa shape index (κ1) is 11.9. The second-order valence-corrected chi connectivity index (χ2v) is 5.72. The maximum Gasteiger partial charge on any atom is 0.0396 e. The summed E-state index contributed by atoms with van der Waals surface area (Å²) in [6, 6.07) is 6.85. The summed E-state index contributed by atoms with van der Waals surface area (Å²) in [4.78, 5) is 2.45. The van der Waals surface area contributed by atoms with Gasteiger partial charge in [-0.2, -0.15) is 0 Å². The Hall–Kier alpha value is -0.540. The predicted octanol–water partition coefficient (Wildman–Crippen LogP) is 2.93. The lowest BCUT2D eigenvalue weighted by atomic mass is 9.94. The number of anilines is 1. The van der Waals surface area contributed by atoms with Gasteiger partial charge in [-0.05, 0) is 43.0 Å². The summed E-state index contributed by atoms with van der Waals surface area (Å²) < 4.78 is 1.15.